The standard InChI is InChI=1S/C20H21NO2/c1-14-8-7-10-18(12-14)17(4)23-21-13-19-9-5-6-11-20(19)15(2)16(3)22/h5-13,17H,2H2,1,3-4H3/b21-13+. The van der Waals surface area contributed by atoms with Gasteiger partial charge in [-0.1, -0.05) is 65.8 Å². The monoisotopic (exact) mass is 307 g/mol. The zero-order valence-electron chi connectivity index (χ0n) is 13.7. The van der Waals surface area contributed by atoms with Crippen molar-refractivity contribution in [3.05, 3.63) is 77.4 Å². The van der Waals surface area contributed by atoms with Gasteiger partial charge in [-0.2, -0.15) is 0 Å². The molecule has 0 aliphatic carbocycles. The second-order valence-electron chi connectivity index (χ2n) is 5.52. The van der Waals surface area contributed by atoms with Crippen LogP contribution >= 0.6 is 0 Å². The van der Waals surface area contributed by atoms with Crippen LogP contribution in [0.2, 0.25) is 0 Å². The topological polar surface area (TPSA) is 38.7 Å². The SMILES string of the molecule is C=C(C(C)=O)c1ccccc1/C=N/OC(C)c1cccc(C)c1. The molecule has 0 saturated heterocycles. The van der Waals surface area contributed by atoms with Gasteiger partial charge in [0.15, 0.2) is 5.78 Å². The van der Waals surface area contributed by atoms with Crippen LogP contribution in [-0.4, -0.2) is 12.0 Å². The Balaban J connectivity index is 2.12. The Morgan fingerprint density at radius 2 is 1.96 bits per heavy atom. The van der Waals surface area contributed by atoms with Crippen LogP contribution in [0, 0.1) is 6.92 Å². The summed E-state index contributed by atoms with van der Waals surface area (Å²) in [5.74, 6) is -0.0557. The Labute approximate surface area is 137 Å². The fourth-order valence-electron chi connectivity index (χ4n) is 2.24. The average Bonchev–Trinajstić information content (AvgIpc) is 2.54. The second-order valence-corrected chi connectivity index (χ2v) is 5.52. The second kappa shape index (κ2) is 7.54. The van der Waals surface area contributed by atoms with Crippen molar-refractivity contribution < 1.29 is 9.63 Å². The first-order chi connectivity index (χ1) is 11.0. The van der Waals surface area contributed by atoms with E-state index >= 15 is 0 Å². The van der Waals surface area contributed by atoms with Crippen LogP contribution in [0.3, 0.4) is 0 Å². The molecular formula is C20H21NO2. The zero-order chi connectivity index (χ0) is 16.8. The van der Waals surface area contributed by atoms with Crippen molar-refractivity contribution in [2.75, 3.05) is 0 Å². The number of carbonyl (C=O) groups excluding carboxylic acids is 1. The van der Waals surface area contributed by atoms with Crippen molar-refractivity contribution in [3.8, 4) is 0 Å². The first-order valence-electron chi connectivity index (χ1n) is 7.54. The Kier molecular flexibility index (Phi) is 5.47. The summed E-state index contributed by atoms with van der Waals surface area (Å²) in [5, 5.41) is 4.07. The highest BCUT2D eigenvalue weighted by Gasteiger charge is 2.09. The molecule has 1 atom stereocenters. The maximum absolute atomic E-state index is 11.5. The summed E-state index contributed by atoms with van der Waals surface area (Å²) in [6.07, 6.45) is 1.48. The molecule has 118 valence electrons. The van der Waals surface area contributed by atoms with Crippen molar-refractivity contribution in [2.24, 2.45) is 5.16 Å². The first kappa shape index (κ1) is 16.7. The maximum atomic E-state index is 11.5. The van der Waals surface area contributed by atoms with E-state index in [1.54, 1.807) is 6.21 Å². The Hall–Kier alpha value is -2.68. The van der Waals surface area contributed by atoms with E-state index in [0.29, 0.717) is 5.57 Å². The predicted molar refractivity (Wildman–Crippen MR) is 94.4 cm³/mol. The number of allylic oxidation sites excluding steroid dienone is 1. The molecule has 0 aliphatic rings. The fourth-order valence-corrected chi connectivity index (χ4v) is 2.24. The molecule has 0 aromatic heterocycles. The summed E-state index contributed by atoms with van der Waals surface area (Å²) in [7, 11) is 0. The normalized spacial score (nSPS) is 12.1. The number of oxime groups is 1. The predicted octanol–water partition coefficient (Wildman–Crippen LogP) is 4.71. The molecular weight excluding hydrogens is 286 g/mol. The lowest BCUT2D eigenvalue weighted by Gasteiger charge is -2.11. The third-order valence-corrected chi connectivity index (χ3v) is 3.63. The van der Waals surface area contributed by atoms with Crippen molar-refractivity contribution in [1.82, 2.24) is 0 Å². The molecule has 0 amide bonds. The number of Topliss-reactive ketones (excluding diaryl/α,β-unsaturated/α-hetero) is 1. The van der Waals surface area contributed by atoms with E-state index in [0.717, 1.165) is 16.7 Å². The molecule has 23 heavy (non-hydrogen) atoms. The van der Waals surface area contributed by atoms with Gasteiger partial charge in [0.25, 0.3) is 0 Å². The van der Waals surface area contributed by atoms with Crippen molar-refractivity contribution >= 4 is 17.6 Å². The smallest absolute Gasteiger partial charge is 0.159 e. The highest BCUT2D eigenvalue weighted by Crippen LogP contribution is 2.19. The van der Waals surface area contributed by atoms with E-state index in [4.69, 9.17) is 4.84 Å². The highest BCUT2D eigenvalue weighted by molar-refractivity contribution is 6.20. The molecule has 2 aromatic rings. The highest BCUT2D eigenvalue weighted by atomic mass is 16.6. The minimum atomic E-state index is -0.144. The van der Waals surface area contributed by atoms with Gasteiger partial charge in [0.2, 0.25) is 0 Å². The van der Waals surface area contributed by atoms with Crippen LogP contribution in [0.4, 0.5) is 0 Å². The van der Waals surface area contributed by atoms with E-state index in [1.165, 1.54) is 12.5 Å². The molecule has 0 radical (unpaired) electrons. The summed E-state index contributed by atoms with van der Waals surface area (Å²) in [6.45, 7) is 9.34. The van der Waals surface area contributed by atoms with E-state index < -0.39 is 0 Å². The summed E-state index contributed by atoms with van der Waals surface area (Å²) < 4.78 is 0. The summed E-state index contributed by atoms with van der Waals surface area (Å²) in [5.41, 5.74) is 4.31. The molecule has 3 heteroatoms. The summed E-state index contributed by atoms with van der Waals surface area (Å²) >= 11 is 0. The molecule has 0 fully saturated rings. The van der Waals surface area contributed by atoms with Crippen LogP contribution < -0.4 is 0 Å². The number of aryl methyl sites for hydroxylation is 1. The van der Waals surface area contributed by atoms with Gasteiger partial charge in [0, 0.05) is 11.1 Å². The van der Waals surface area contributed by atoms with Crippen molar-refractivity contribution in [3.63, 3.8) is 0 Å². The molecule has 1 unspecified atom stereocenters. The van der Waals surface area contributed by atoms with E-state index in [-0.39, 0.29) is 11.9 Å². The zero-order valence-corrected chi connectivity index (χ0v) is 13.7. The van der Waals surface area contributed by atoms with Gasteiger partial charge in [0.05, 0.1) is 6.21 Å². The Morgan fingerprint density at radius 1 is 1.22 bits per heavy atom. The molecule has 0 saturated carbocycles. The Bertz CT molecular complexity index is 747. The Morgan fingerprint density at radius 3 is 2.65 bits per heavy atom. The molecule has 3 nitrogen and oxygen atoms in total. The number of ketones is 1. The van der Waals surface area contributed by atoms with Gasteiger partial charge < -0.3 is 4.84 Å². The molecule has 2 rings (SSSR count). The first-order valence-corrected chi connectivity index (χ1v) is 7.54. The lowest BCUT2D eigenvalue weighted by molar-refractivity contribution is -0.111. The number of rotatable bonds is 6. The average molecular weight is 307 g/mol. The molecule has 0 bridgehead atoms. The number of carbonyl (C=O) groups is 1. The maximum Gasteiger partial charge on any atom is 0.159 e. The molecule has 0 spiro atoms. The minimum Gasteiger partial charge on any atom is -0.388 e. The van der Waals surface area contributed by atoms with Crippen LogP contribution in [0.25, 0.3) is 5.57 Å². The van der Waals surface area contributed by atoms with Crippen LogP contribution in [0.15, 0.2) is 60.3 Å². The minimum absolute atomic E-state index is 0.0557. The number of benzene rings is 2. The lowest BCUT2D eigenvalue weighted by Crippen LogP contribution is -2.00. The summed E-state index contributed by atoms with van der Waals surface area (Å²) in [6, 6.07) is 15.6. The van der Waals surface area contributed by atoms with Gasteiger partial charge in [0.1, 0.15) is 6.10 Å². The number of nitrogens with zero attached hydrogens (tertiary/aromatic N) is 1. The van der Waals surface area contributed by atoms with E-state index in [2.05, 4.69) is 17.8 Å². The van der Waals surface area contributed by atoms with Gasteiger partial charge in [-0.15, -0.1) is 0 Å². The van der Waals surface area contributed by atoms with Crippen LogP contribution in [0.5, 0.6) is 0 Å². The molecule has 0 N–H and O–H groups in total. The van der Waals surface area contributed by atoms with Gasteiger partial charge >= 0.3 is 0 Å². The summed E-state index contributed by atoms with van der Waals surface area (Å²) in [4.78, 5) is 17.1. The van der Waals surface area contributed by atoms with E-state index in [1.807, 2.05) is 56.3 Å². The number of hydrogen-bond donors (Lipinski definition) is 0. The fraction of sp³-hybridized carbons (Fsp3) is 0.200. The quantitative estimate of drug-likeness (QED) is 0.440. The molecule has 2 aromatic carbocycles. The number of hydrogen-bond acceptors (Lipinski definition) is 3. The van der Waals surface area contributed by atoms with Crippen molar-refractivity contribution in [2.45, 2.75) is 26.9 Å². The van der Waals surface area contributed by atoms with Gasteiger partial charge in [-0.25, -0.2) is 0 Å². The van der Waals surface area contributed by atoms with Gasteiger partial charge in [-0.05, 0) is 31.9 Å². The van der Waals surface area contributed by atoms with Crippen LogP contribution in [-0.2, 0) is 9.63 Å². The van der Waals surface area contributed by atoms with Crippen LogP contribution in [0.1, 0.15) is 42.2 Å². The largest absolute Gasteiger partial charge is 0.388 e. The van der Waals surface area contributed by atoms with Gasteiger partial charge in [-0.3, -0.25) is 4.79 Å². The van der Waals surface area contributed by atoms with E-state index in [9.17, 15) is 4.79 Å². The molecule has 0 aliphatic heterocycles. The van der Waals surface area contributed by atoms with Crippen molar-refractivity contribution in [1.29, 1.82) is 0 Å². The third-order valence-electron chi connectivity index (χ3n) is 3.63. The molecule has 0 heterocycles. The lowest BCUT2D eigenvalue weighted by atomic mass is 9.99. The third kappa shape index (κ3) is 4.39.